The van der Waals surface area contributed by atoms with Crippen molar-refractivity contribution in [2.45, 2.75) is 33.1 Å². The number of methoxy groups -OCH3 is 1. The van der Waals surface area contributed by atoms with E-state index in [1.807, 2.05) is 6.92 Å². The summed E-state index contributed by atoms with van der Waals surface area (Å²) in [6.07, 6.45) is 3.35. The third-order valence-electron chi connectivity index (χ3n) is 3.80. The molecule has 0 aliphatic heterocycles. The summed E-state index contributed by atoms with van der Waals surface area (Å²) >= 11 is 8.13. The molecule has 0 atom stereocenters. The number of nitrogens with zero attached hydrogens (tertiary/aromatic N) is 2. The van der Waals surface area contributed by atoms with Gasteiger partial charge in [-0.05, 0) is 48.1 Å². The number of ether oxygens (including phenoxy) is 2. The Morgan fingerprint density at radius 1 is 1.33 bits per heavy atom. The van der Waals surface area contributed by atoms with Crippen LogP contribution >= 0.6 is 34.2 Å². The smallest absolute Gasteiger partial charge is 0.284 e. The molecule has 0 amide bonds. The number of anilines is 1. The second-order valence-corrected chi connectivity index (χ2v) is 6.84. The lowest BCUT2D eigenvalue weighted by Gasteiger charge is -2.14. The van der Waals surface area contributed by atoms with Crippen LogP contribution in [-0.4, -0.2) is 23.6 Å². The van der Waals surface area contributed by atoms with Crippen molar-refractivity contribution >= 4 is 40.0 Å². The van der Waals surface area contributed by atoms with Gasteiger partial charge in [-0.1, -0.05) is 31.4 Å². The minimum absolute atomic E-state index is 0.306. The molecule has 0 aliphatic rings. The number of hydrogen-bond donors (Lipinski definition) is 1. The number of aryl methyl sites for hydroxylation is 1. The molecule has 0 unspecified atom stereocenters. The van der Waals surface area contributed by atoms with E-state index in [1.54, 1.807) is 47.9 Å². The summed E-state index contributed by atoms with van der Waals surface area (Å²) in [4.78, 5) is 9.15. The molecule has 1 heterocycles. The van der Waals surface area contributed by atoms with Gasteiger partial charge in [0.1, 0.15) is 5.75 Å². The Bertz CT molecular complexity index is 818. The Kier molecular flexibility index (Phi) is 8.56. The molecule has 27 heavy (non-hydrogen) atoms. The third-order valence-corrected chi connectivity index (χ3v) is 4.60. The molecule has 0 spiro atoms. The molecule has 8 heteroatoms. The van der Waals surface area contributed by atoms with Crippen LogP contribution in [-0.2, 0) is 0 Å². The number of aromatic nitrogens is 2. The van der Waals surface area contributed by atoms with Gasteiger partial charge in [-0.2, -0.15) is 4.39 Å². The van der Waals surface area contributed by atoms with Crippen molar-refractivity contribution < 1.29 is 13.9 Å². The van der Waals surface area contributed by atoms with Crippen LogP contribution in [0.25, 0.3) is 11.3 Å². The Hall–Kier alpha value is -1.61. The molecule has 0 bridgehead atoms. The number of nitrogens with one attached hydrogen (secondary N) is 1. The quantitative estimate of drug-likeness (QED) is 0.246. The van der Waals surface area contributed by atoms with Gasteiger partial charge >= 0.3 is 0 Å². The maximum Gasteiger partial charge on any atom is 0.284 e. The zero-order chi connectivity index (χ0) is 19.8. The predicted molar refractivity (Wildman–Crippen MR) is 116 cm³/mol. The van der Waals surface area contributed by atoms with Crippen LogP contribution in [0.2, 0.25) is 5.02 Å². The third kappa shape index (κ3) is 5.93. The first-order valence-corrected chi connectivity index (χ1v) is 10.2. The Morgan fingerprint density at radius 3 is 2.74 bits per heavy atom. The van der Waals surface area contributed by atoms with Crippen LogP contribution < -0.4 is 14.8 Å². The number of rotatable bonds is 9. The number of hydrogen-bond acceptors (Lipinski definition) is 5. The van der Waals surface area contributed by atoms with Crippen LogP contribution in [0.15, 0.2) is 28.3 Å². The first-order valence-electron chi connectivity index (χ1n) is 8.60. The molecule has 0 saturated carbocycles. The standard InChI is InChI=1S/C19H22ClFIN3O2/c1-4-5-6-9-23-18-19(26-3)25-17(12(2)24-18)14-8-7-13(10-15(14)20)27-16(21)11-22/h7-8,10-11H,4-6,9H2,1-3H3,(H,23,24)/b16-11+. The minimum atomic E-state index is -0.699. The topological polar surface area (TPSA) is 56.3 Å². The van der Waals surface area contributed by atoms with Crippen molar-refractivity contribution in [3.8, 4) is 22.9 Å². The normalized spacial score (nSPS) is 11.4. The second-order valence-electron chi connectivity index (χ2n) is 5.81. The molecule has 0 fully saturated rings. The van der Waals surface area contributed by atoms with E-state index in [-0.39, 0.29) is 0 Å². The van der Waals surface area contributed by atoms with Gasteiger partial charge in [-0.25, -0.2) is 9.97 Å². The highest BCUT2D eigenvalue weighted by molar-refractivity contribution is 14.1. The van der Waals surface area contributed by atoms with E-state index >= 15 is 0 Å². The summed E-state index contributed by atoms with van der Waals surface area (Å²) in [6.45, 7) is 4.82. The Balaban J connectivity index is 2.30. The molecule has 2 aromatic rings. The van der Waals surface area contributed by atoms with E-state index in [0.717, 1.165) is 25.8 Å². The molecular formula is C19H22ClFIN3O2. The van der Waals surface area contributed by atoms with Crippen LogP contribution in [0.1, 0.15) is 31.9 Å². The molecule has 2 rings (SSSR count). The van der Waals surface area contributed by atoms with Crippen molar-refractivity contribution in [1.82, 2.24) is 9.97 Å². The van der Waals surface area contributed by atoms with E-state index < -0.39 is 6.01 Å². The zero-order valence-electron chi connectivity index (χ0n) is 15.5. The molecule has 5 nitrogen and oxygen atoms in total. The first kappa shape index (κ1) is 21.7. The van der Waals surface area contributed by atoms with Gasteiger partial charge in [-0.15, -0.1) is 0 Å². The summed E-state index contributed by atoms with van der Waals surface area (Å²) in [6, 6.07) is 4.20. The maximum absolute atomic E-state index is 13.3. The molecule has 0 saturated heterocycles. The monoisotopic (exact) mass is 505 g/mol. The SMILES string of the molecule is CCCCCNc1nc(C)c(-c2ccc(O/C(F)=C/I)cc2Cl)nc1OC. The first-order chi connectivity index (χ1) is 13.0. The Labute approximate surface area is 177 Å². The lowest BCUT2D eigenvalue weighted by molar-refractivity contribution is 0.304. The summed E-state index contributed by atoms with van der Waals surface area (Å²) in [7, 11) is 1.55. The average Bonchev–Trinajstić information content (AvgIpc) is 2.66. The highest BCUT2D eigenvalue weighted by Gasteiger charge is 2.16. The average molecular weight is 506 g/mol. The number of benzene rings is 1. The lowest BCUT2D eigenvalue weighted by atomic mass is 10.1. The van der Waals surface area contributed by atoms with E-state index in [2.05, 4.69) is 22.2 Å². The zero-order valence-corrected chi connectivity index (χ0v) is 18.4. The highest BCUT2D eigenvalue weighted by Crippen LogP contribution is 2.34. The van der Waals surface area contributed by atoms with Crippen LogP contribution in [0, 0.1) is 6.92 Å². The summed E-state index contributed by atoms with van der Waals surface area (Å²) in [5.74, 6) is 1.32. The molecule has 146 valence electrons. The van der Waals surface area contributed by atoms with Crippen molar-refractivity contribution in [2.24, 2.45) is 0 Å². The fraction of sp³-hybridized carbons (Fsp3) is 0.368. The summed E-state index contributed by atoms with van der Waals surface area (Å²) < 4.78 is 24.9. The predicted octanol–water partition coefficient (Wildman–Crippen LogP) is 6.30. The lowest BCUT2D eigenvalue weighted by Crippen LogP contribution is -2.08. The van der Waals surface area contributed by atoms with Gasteiger partial charge in [0, 0.05) is 22.3 Å². The largest absolute Gasteiger partial charge is 0.478 e. The molecule has 0 aliphatic carbocycles. The fourth-order valence-corrected chi connectivity index (χ4v) is 2.87. The van der Waals surface area contributed by atoms with Crippen LogP contribution in [0.5, 0.6) is 11.6 Å². The molecule has 1 aromatic heterocycles. The van der Waals surface area contributed by atoms with Crippen molar-refractivity contribution in [3.05, 3.63) is 39.0 Å². The van der Waals surface area contributed by atoms with Gasteiger partial charge in [-0.3, -0.25) is 0 Å². The summed E-state index contributed by atoms with van der Waals surface area (Å²) in [5, 5.41) is 3.66. The maximum atomic E-state index is 13.3. The number of unbranched alkanes of at least 4 members (excludes halogenated alkanes) is 2. The van der Waals surface area contributed by atoms with Gasteiger partial charge in [0.25, 0.3) is 11.9 Å². The van der Waals surface area contributed by atoms with Crippen molar-refractivity contribution in [1.29, 1.82) is 0 Å². The molecular weight excluding hydrogens is 484 g/mol. The van der Waals surface area contributed by atoms with E-state index in [4.69, 9.17) is 21.1 Å². The van der Waals surface area contributed by atoms with E-state index in [1.165, 1.54) is 4.08 Å². The molecule has 1 N–H and O–H groups in total. The summed E-state index contributed by atoms with van der Waals surface area (Å²) in [5.41, 5.74) is 1.99. The number of halogens is 3. The van der Waals surface area contributed by atoms with Gasteiger partial charge in [0.05, 0.1) is 23.5 Å². The Morgan fingerprint density at radius 2 is 2.11 bits per heavy atom. The van der Waals surface area contributed by atoms with Crippen molar-refractivity contribution in [3.63, 3.8) is 0 Å². The van der Waals surface area contributed by atoms with Gasteiger partial charge in [0.15, 0.2) is 5.82 Å². The van der Waals surface area contributed by atoms with Crippen LogP contribution in [0.4, 0.5) is 10.2 Å². The fourth-order valence-electron chi connectivity index (χ4n) is 2.48. The highest BCUT2D eigenvalue weighted by atomic mass is 127. The second kappa shape index (κ2) is 10.7. The van der Waals surface area contributed by atoms with E-state index in [0.29, 0.717) is 39.4 Å². The van der Waals surface area contributed by atoms with Gasteiger partial charge < -0.3 is 14.8 Å². The van der Waals surface area contributed by atoms with Crippen molar-refractivity contribution in [2.75, 3.05) is 19.0 Å². The van der Waals surface area contributed by atoms with E-state index in [9.17, 15) is 4.39 Å². The minimum Gasteiger partial charge on any atom is -0.478 e. The molecule has 0 radical (unpaired) electrons. The van der Waals surface area contributed by atoms with Gasteiger partial charge in [0.2, 0.25) is 0 Å². The van der Waals surface area contributed by atoms with Crippen LogP contribution in [0.3, 0.4) is 0 Å². The molecule has 1 aromatic carbocycles.